The van der Waals surface area contributed by atoms with E-state index >= 15 is 0 Å². The summed E-state index contributed by atoms with van der Waals surface area (Å²) in [5.74, 6) is -6.83. The van der Waals surface area contributed by atoms with Crippen LogP contribution in [0.2, 0.25) is 0 Å². The largest absolute Gasteiger partial charge is 0.506 e. The normalized spacial score (nSPS) is 22.3. The smallest absolute Gasteiger partial charge is 0.303 e. The van der Waals surface area contributed by atoms with Gasteiger partial charge in [0.2, 0.25) is 12.4 Å². The van der Waals surface area contributed by atoms with Gasteiger partial charge in [-0.2, -0.15) is 0 Å². The number of aryl methyl sites for hydroxylation is 2. The Bertz CT molecular complexity index is 1980. The predicted molar refractivity (Wildman–Crippen MR) is 171 cm³/mol. The van der Waals surface area contributed by atoms with Crippen LogP contribution in [-0.4, -0.2) is 89.4 Å². The first-order chi connectivity index (χ1) is 24.0. The van der Waals surface area contributed by atoms with Gasteiger partial charge in [0.05, 0.1) is 11.1 Å². The molecule has 0 amide bonds. The first-order valence-corrected chi connectivity index (χ1v) is 15.5. The summed E-state index contributed by atoms with van der Waals surface area (Å²) < 4.78 is 33.5. The second-order valence-corrected chi connectivity index (χ2v) is 12.0. The van der Waals surface area contributed by atoms with Gasteiger partial charge in [-0.15, -0.1) is 0 Å². The number of phenols is 1. The van der Waals surface area contributed by atoms with Crippen LogP contribution in [0.25, 0.3) is 5.57 Å². The minimum Gasteiger partial charge on any atom is -0.506 e. The number of Topliss-reactive ketones (excluding diaryl/α,β-unsaturated/α-hetero) is 1. The first-order valence-electron chi connectivity index (χ1n) is 15.5. The zero-order valence-corrected chi connectivity index (χ0v) is 28.2. The fraction of sp³-hybridized carbons (Fsp3) is 0.333. The summed E-state index contributed by atoms with van der Waals surface area (Å²) in [7, 11) is 0. The third-order valence-electron chi connectivity index (χ3n) is 8.11. The van der Waals surface area contributed by atoms with Crippen molar-refractivity contribution in [3.05, 3.63) is 75.4 Å². The van der Waals surface area contributed by atoms with Crippen LogP contribution in [0.15, 0.2) is 36.4 Å². The fourth-order valence-electron chi connectivity index (χ4n) is 6.20. The maximum absolute atomic E-state index is 14.1. The van der Waals surface area contributed by atoms with Crippen LogP contribution in [-0.2, 0) is 42.9 Å². The third kappa shape index (κ3) is 7.19. The molecule has 0 radical (unpaired) electrons. The quantitative estimate of drug-likeness (QED) is 0.309. The van der Waals surface area contributed by atoms with Crippen molar-refractivity contribution < 1.29 is 71.9 Å². The van der Waals surface area contributed by atoms with Crippen molar-refractivity contribution in [1.82, 2.24) is 0 Å². The molecule has 1 saturated heterocycles. The predicted octanol–water partition coefficient (Wildman–Crippen LogP) is 2.87. The minimum absolute atomic E-state index is 0.0480. The lowest BCUT2D eigenvalue weighted by Crippen LogP contribution is -2.63. The Morgan fingerprint density at radius 1 is 0.706 bits per heavy atom. The van der Waals surface area contributed by atoms with E-state index in [2.05, 4.69) is 0 Å². The van der Waals surface area contributed by atoms with E-state index in [4.69, 9.17) is 28.4 Å². The Hall–Kier alpha value is -5.96. The Kier molecular flexibility index (Phi) is 10.0. The molecule has 51 heavy (non-hydrogen) atoms. The monoisotopic (exact) mass is 704 g/mol. The maximum atomic E-state index is 14.1. The van der Waals surface area contributed by atoms with Crippen molar-refractivity contribution in [1.29, 1.82) is 0 Å². The van der Waals surface area contributed by atoms with Crippen molar-refractivity contribution in [3.8, 4) is 11.5 Å². The fourth-order valence-corrected chi connectivity index (χ4v) is 6.20. The zero-order valence-electron chi connectivity index (χ0n) is 28.2. The van der Waals surface area contributed by atoms with Crippen molar-refractivity contribution in [2.24, 2.45) is 0 Å². The van der Waals surface area contributed by atoms with E-state index in [9.17, 15) is 43.5 Å². The van der Waals surface area contributed by atoms with E-state index < -0.39 is 90.1 Å². The first kappa shape index (κ1) is 36.3. The second-order valence-electron chi connectivity index (χ2n) is 12.0. The number of hydrogen-bond acceptors (Lipinski definition) is 15. The Labute approximate surface area is 290 Å². The van der Waals surface area contributed by atoms with Gasteiger partial charge in [-0.25, -0.2) is 0 Å². The number of carbonyl (C=O) groups is 8. The molecule has 15 nitrogen and oxygen atoms in total. The van der Waals surface area contributed by atoms with Gasteiger partial charge in [0.15, 0.2) is 35.3 Å². The second kappa shape index (κ2) is 14.1. The van der Waals surface area contributed by atoms with Gasteiger partial charge in [-0.05, 0) is 61.4 Å². The number of esters is 4. The molecule has 1 aliphatic heterocycles. The molecule has 1 fully saturated rings. The Morgan fingerprint density at radius 2 is 1.31 bits per heavy atom. The highest BCUT2D eigenvalue weighted by Gasteiger charge is 2.53. The molecule has 0 spiro atoms. The molecule has 1 N–H and O–H groups in total. The molecule has 0 saturated carbocycles. The summed E-state index contributed by atoms with van der Waals surface area (Å²) >= 11 is 0. The van der Waals surface area contributed by atoms with Crippen LogP contribution in [0.4, 0.5) is 0 Å². The Balaban J connectivity index is 1.60. The van der Waals surface area contributed by atoms with Crippen LogP contribution in [0.3, 0.4) is 0 Å². The standard InChI is InChI=1S/C36H32O15/c1-14-9-21-29(25(43)12-22(31(21)44)28-15(2)11-20-23(41)7-8-24(42)30(20)32(28)45)26(10-14)50-36-35(49-19(6)40)34(48-18(5)39)33(47-17(4)38)27(51-36)13-46-16(3)37/h7-12,27,33-36,45H,13H2,1-6H3/t27-,33-,34+,35-,36?/m1/s1. The highest BCUT2D eigenvalue weighted by atomic mass is 16.7. The number of carbonyl (C=O) groups excluding carboxylic acids is 8. The maximum Gasteiger partial charge on any atom is 0.303 e. The van der Waals surface area contributed by atoms with E-state index in [0.29, 0.717) is 5.56 Å². The zero-order chi connectivity index (χ0) is 37.5. The van der Waals surface area contributed by atoms with Crippen LogP contribution in [0, 0.1) is 13.8 Å². The van der Waals surface area contributed by atoms with E-state index in [1.54, 1.807) is 6.92 Å². The van der Waals surface area contributed by atoms with E-state index in [-0.39, 0.29) is 44.7 Å². The Morgan fingerprint density at radius 3 is 1.94 bits per heavy atom. The van der Waals surface area contributed by atoms with Crippen molar-refractivity contribution >= 4 is 52.6 Å². The van der Waals surface area contributed by atoms with E-state index in [1.165, 1.54) is 25.1 Å². The van der Waals surface area contributed by atoms with Crippen molar-refractivity contribution in [2.45, 2.75) is 72.2 Å². The average Bonchev–Trinajstić information content (AvgIpc) is 3.02. The lowest BCUT2D eigenvalue weighted by atomic mass is 9.80. The highest BCUT2D eigenvalue weighted by molar-refractivity contribution is 6.40. The number of ketones is 4. The molecule has 5 atom stereocenters. The van der Waals surface area contributed by atoms with Crippen LogP contribution >= 0.6 is 0 Å². The number of allylic oxidation sites excluding steroid dienone is 4. The molecule has 5 rings (SSSR count). The van der Waals surface area contributed by atoms with Gasteiger partial charge in [-0.3, -0.25) is 38.4 Å². The number of rotatable bonds is 8. The molecule has 15 heteroatoms. The molecule has 0 aromatic heterocycles. The van der Waals surface area contributed by atoms with Gasteiger partial charge >= 0.3 is 23.9 Å². The van der Waals surface area contributed by atoms with Crippen LogP contribution < -0.4 is 4.74 Å². The van der Waals surface area contributed by atoms with Crippen LogP contribution in [0.5, 0.6) is 11.5 Å². The van der Waals surface area contributed by atoms with Crippen molar-refractivity contribution in [2.75, 3.05) is 6.61 Å². The minimum atomic E-state index is -1.70. The van der Waals surface area contributed by atoms with Gasteiger partial charge < -0.3 is 33.5 Å². The lowest BCUT2D eigenvalue weighted by molar-refractivity contribution is -0.288. The number of ether oxygens (including phenoxy) is 6. The van der Waals surface area contributed by atoms with Crippen molar-refractivity contribution in [3.63, 3.8) is 0 Å². The summed E-state index contributed by atoms with van der Waals surface area (Å²) in [6.45, 7) is 6.87. The molecule has 2 aromatic rings. The summed E-state index contributed by atoms with van der Waals surface area (Å²) in [6.07, 6.45) is -4.65. The summed E-state index contributed by atoms with van der Waals surface area (Å²) in [6, 6.07) is 4.16. The average molecular weight is 705 g/mol. The topological polar surface area (TPSA) is 212 Å². The highest BCUT2D eigenvalue weighted by Crippen LogP contribution is 2.42. The number of hydrogen-bond donors (Lipinski definition) is 1. The van der Waals surface area contributed by atoms with Gasteiger partial charge in [0.1, 0.15) is 24.2 Å². The number of phenolic OH excluding ortho intramolecular Hbond substituents is 1. The molecular formula is C36H32O15. The van der Waals surface area contributed by atoms with E-state index in [0.717, 1.165) is 45.9 Å². The van der Waals surface area contributed by atoms with E-state index in [1.807, 2.05) is 0 Å². The summed E-state index contributed by atoms with van der Waals surface area (Å²) in [5, 5.41) is 11.2. The third-order valence-corrected chi connectivity index (χ3v) is 8.11. The summed E-state index contributed by atoms with van der Waals surface area (Å²) in [4.78, 5) is 101. The number of fused-ring (bicyclic) bond motifs is 2. The molecule has 3 aliphatic rings. The molecule has 1 unspecified atom stereocenters. The molecular weight excluding hydrogens is 672 g/mol. The number of benzene rings is 2. The van der Waals surface area contributed by atoms with Gasteiger partial charge in [0.25, 0.3) is 0 Å². The molecule has 2 aliphatic carbocycles. The van der Waals surface area contributed by atoms with Gasteiger partial charge in [0, 0.05) is 50.0 Å². The summed E-state index contributed by atoms with van der Waals surface area (Å²) in [5.41, 5.74) is -0.445. The molecule has 266 valence electrons. The molecule has 2 aromatic carbocycles. The number of aromatic hydroxyl groups is 1. The molecule has 0 bridgehead atoms. The lowest BCUT2D eigenvalue weighted by Gasteiger charge is -2.44. The van der Waals surface area contributed by atoms with Crippen LogP contribution in [0.1, 0.15) is 85.8 Å². The van der Waals surface area contributed by atoms with Gasteiger partial charge in [-0.1, -0.05) is 0 Å². The molecule has 1 heterocycles. The SMILES string of the molecule is CC(=O)OC[C@H]1OC(Oc2cc(C)cc3c2C(=O)C=C(c2c(C)cc4c(c2O)C(=O)C=CC4=O)C3=O)[C@H](OC(C)=O)[C@@H](OC(C)=O)[C@@H]1OC(C)=O.